The van der Waals surface area contributed by atoms with Crippen LogP contribution < -0.4 is 5.32 Å². The average Bonchev–Trinajstić information content (AvgIpc) is 3.20. The Morgan fingerprint density at radius 1 is 1.00 bits per heavy atom. The van der Waals surface area contributed by atoms with E-state index in [0.717, 1.165) is 71.0 Å². The SMILES string of the molecule is O=C(NCC1CCN(CCN2CCOCC2)CC1)c1ccc2c(c1)CCC2. The number of carbonyl (C=O) groups excluding carboxylic acids is 1. The summed E-state index contributed by atoms with van der Waals surface area (Å²) in [6.45, 7) is 9.35. The predicted molar refractivity (Wildman–Crippen MR) is 107 cm³/mol. The van der Waals surface area contributed by atoms with Crippen LogP contribution in [0.1, 0.15) is 40.7 Å². The molecule has 2 heterocycles. The maximum Gasteiger partial charge on any atom is 0.251 e. The van der Waals surface area contributed by atoms with Crippen LogP contribution in [0.5, 0.6) is 0 Å². The molecule has 27 heavy (non-hydrogen) atoms. The summed E-state index contributed by atoms with van der Waals surface area (Å²) in [6.07, 6.45) is 5.90. The van der Waals surface area contributed by atoms with Gasteiger partial charge in [0.2, 0.25) is 0 Å². The number of morpholine rings is 1. The molecule has 5 nitrogen and oxygen atoms in total. The number of hydrogen-bond donors (Lipinski definition) is 1. The zero-order chi connectivity index (χ0) is 18.5. The van der Waals surface area contributed by atoms with Crippen molar-refractivity contribution in [1.29, 1.82) is 0 Å². The lowest BCUT2D eigenvalue weighted by molar-refractivity contribution is 0.0314. The van der Waals surface area contributed by atoms with Crippen molar-refractivity contribution < 1.29 is 9.53 Å². The Morgan fingerprint density at radius 2 is 1.70 bits per heavy atom. The van der Waals surface area contributed by atoms with Crippen molar-refractivity contribution in [3.63, 3.8) is 0 Å². The molecule has 0 unspecified atom stereocenters. The molecule has 2 saturated heterocycles. The molecule has 0 radical (unpaired) electrons. The van der Waals surface area contributed by atoms with Gasteiger partial charge in [-0.2, -0.15) is 0 Å². The van der Waals surface area contributed by atoms with Crippen LogP contribution in [0.15, 0.2) is 18.2 Å². The van der Waals surface area contributed by atoms with Crippen molar-refractivity contribution in [2.24, 2.45) is 5.92 Å². The largest absolute Gasteiger partial charge is 0.379 e. The third-order valence-corrected chi connectivity index (χ3v) is 6.46. The molecule has 148 valence electrons. The molecule has 4 rings (SSSR count). The lowest BCUT2D eigenvalue weighted by Gasteiger charge is -2.34. The van der Waals surface area contributed by atoms with E-state index in [-0.39, 0.29) is 5.91 Å². The molecule has 0 bridgehead atoms. The number of aryl methyl sites for hydroxylation is 2. The first-order valence-electron chi connectivity index (χ1n) is 10.7. The molecular weight excluding hydrogens is 338 g/mol. The number of amides is 1. The third-order valence-electron chi connectivity index (χ3n) is 6.46. The fourth-order valence-electron chi connectivity index (χ4n) is 4.57. The van der Waals surface area contributed by atoms with Crippen molar-refractivity contribution in [2.75, 3.05) is 59.0 Å². The molecule has 1 amide bonds. The molecular formula is C22H33N3O2. The minimum atomic E-state index is 0.0967. The first-order valence-corrected chi connectivity index (χ1v) is 10.7. The number of rotatable bonds is 6. The van der Waals surface area contributed by atoms with Crippen molar-refractivity contribution in [3.8, 4) is 0 Å². The monoisotopic (exact) mass is 371 g/mol. The highest BCUT2D eigenvalue weighted by molar-refractivity contribution is 5.94. The molecule has 3 aliphatic rings. The number of nitrogens with zero attached hydrogens (tertiary/aromatic N) is 2. The van der Waals surface area contributed by atoms with Crippen LogP contribution in [0.4, 0.5) is 0 Å². The smallest absolute Gasteiger partial charge is 0.251 e. The summed E-state index contributed by atoms with van der Waals surface area (Å²) in [7, 11) is 0. The fourth-order valence-corrected chi connectivity index (χ4v) is 4.57. The topological polar surface area (TPSA) is 44.8 Å². The summed E-state index contributed by atoms with van der Waals surface area (Å²) < 4.78 is 5.42. The molecule has 0 aromatic heterocycles. The summed E-state index contributed by atoms with van der Waals surface area (Å²) in [4.78, 5) is 17.6. The van der Waals surface area contributed by atoms with E-state index in [4.69, 9.17) is 4.74 Å². The van der Waals surface area contributed by atoms with Gasteiger partial charge < -0.3 is 15.0 Å². The van der Waals surface area contributed by atoms with Crippen molar-refractivity contribution in [1.82, 2.24) is 15.1 Å². The van der Waals surface area contributed by atoms with E-state index in [9.17, 15) is 4.79 Å². The lowest BCUT2D eigenvalue weighted by Crippen LogP contribution is -2.44. The van der Waals surface area contributed by atoms with Gasteiger partial charge in [-0.15, -0.1) is 0 Å². The zero-order valence-electron chi connectivity index (χ0n) is 16.4. The highest BCUT2D eigenvalue weighted by atomic mass is 16.5. The van der Waals surface area contributed by atoms with Crippen LogP contribution >= 0.6 is 0 Å². The number of likely N-dealkylation sites (tertiary alicyclic amines) is 1. The van der Waals surface area contributed by atoms with Gasteiger partial charge in [0, 0.05) is 38.3 Å². The van der Waals surface area contributed by atoms with Crippen LogP contribution in [-0.4, -0.2) is 74.7 Å². The van der Waals surface area contributed by atoms with E-state index < -0.39 is 0 Å². The quantitative estimate of drug-likeness (QED) is 0.830. The van der Waals surface area contributed by atoms with Crippen LogP contribution in [0.25, 0.3) is 0 Å². The number of ether oxygens (including phenoxy) is 1. The van der Waals surface area contributed by atoms with Gasteiger partial charge in [-0.05, 0) is 74.4 Å². The maximum absolute atomic E-state index is 12.5. The van der Waals surface area contributed by atoms with Gasteiger partial charge in [0.1, 0.15) is 0 Å². The molecule has 1 aliphatic carbocycles. The standard InChI is InChI=1S/C22H33N3O2/c26-22(21-5-4-19-2-1-3-20(19)16-21)23-17-18-6-8-24(9-7-18)10-11-25-12-14-27-15-13-25/h4-5,16,18H,1-3,6-15,17H2,(H,23,26). The van der Waals surface area contributed by atoms with Crippen molar-refractivity contribution >= 4 is 5.91 Å². The Kier molecular flexibility index (Phi) is 6.43. The molecule has 0 atom stereocenters. The second-order valence-corrected chi connectivity index (χ2v) is 8.29. The minimum Gasteiger partial charge on any atom is -0.379 e. The van der Waals surface area contributed by atoms with Gasteiger partial charge >= 0.3 is 0 Å². The summed E-state index contributed by atoms with van der Waals surface area (Å²) in [5.41, 5.74) is 3.63. The molecule has 5 heteroatoms. The van der Waals surface area contributed by atoms with Crippen molar-refractivity contribution in [2.45, 2.75) is 32.1 Å². The Labute approximate surface area is 163 Å². The Bertz CT molecular complexity index is 634. The Hall–Kier alpha value is -1.43. The minimum absolute atomic E-state index is 0.0967. The molecule has 1 aromatic carbocycles. The highest BCUT2D eigenvalue weighted by Crippen LogP contribution is 2.23. The Balaban J connectivity index is 1.15. The predicted octanol–water partition coefficient (Wildman–Crippen LogP) is 1.95. The molecule has 1 aromatic rings. The van der Waals surface area contributed by atoms with Crippen molar-refractivity contribution in [3.05, 3.63) is 34.9 Å². The normalized spacial score (nSPS) is 21.9. The Morgan fingerprint density at radius 3 is 2.48 bits per heavy atom. The first kappa shape index (κ1) is 18.9. The van der Waals surface area contributed by atoms with Gasteiger partial charge in [0.25, 0.3) is 5.91 Å². The van der Waals surface area contributed by atoms with E-state index in [2.05, 4.69) is 27.2 Å². The van der Waals surface area contributed by atoms with Gasteiger partial charge in [0.15, 0.2) is 0 Å². The second kappa shape index (κ2) is 9.18. The number of benzene rings is 1. The third kappa shape index (κ3) is 5.09. The fraction of sp³-hybridized carbons (Fsp3) is 0.682. The van der Waals surface area contributed by atoms with Gasteiger partial charge in [0.05, 0.1) is 13.2 Å². The lowest BCUT2D eigenvalue weighted by atomic mass is 9.96. The number of piperidine rings is 1. The summed E-state index contributed by atoms with van der Waals surface area (Å²) in [5.74, 6) is 0.711. The van der Waals surface area contributed by atoms with Crippen LogP contribution in [0.2, 0.25) is 0 Å². The van der Waals surface area contributed by atoms with E-state index >= 15 is 0 Å². The van der Waals surface area contributed by atoms with Crippen LogP contribution in [-0.2, 0) is 17.6 Å². The van der Waals surface area contributed by atoms with E-state index in [0.29, 0.717) is 5.92 Å². The molecule has 0 saturated carbocycles. The van der Waals surface area contributed by atoms with E-state index in [1.807, 2.05) is 6.07 Å². The van der Waals surface area contributed by atoms with Crippen LogP contribution in [0.3, 0.4) is 0 Å². The number of nitrogens with one attached hydrogen (secondary N) is 1. The zero-order valence-corrected chi connectivity index (χ0v) is 16.4. The average molecular weight is 372 g/mol. The van der Waals surface area contributed by atoms with Gasteiger partial charge in [-0.1, -0.05) is 6.07 Å². The molecule has 2 aliphatic heterocycles. The van der Waals surface area contributed by atoms with E-state index in [1.165, 1.54) is 36.8 Å². The maximum atomic E-state index is 12.5. The second-order valence-electron chi connectivity index (χ2n) is 8.29. The molecule has 1 N–H and O–H groups in total. The number of carbonyl (C=O) groups is 1. The highest BCUT2D eigenvalue weighted by Gasteiger charge is 2.21. The number of hydrogen-bond acceptors (Lipinski definition) is 4. The van der Waals surface area contributed by atoms with Gasteiger partial charge in [-0.25, -0.2) is 0 Å². The summed E-state index contributed by atoms with van der Waals surface area (Å²) in [6, 6.07) is 6.24. The first-order chi connectivity index (χ1) is 13.3. The van der Waals surface area contributed by atoms with Gasteiger partial charge in [-0.3, -0.25) is 9.69 Å². The van der Waals surface area contributed by atoms with Crippen LogP contribution in [0, 0.1) is 5.92 Å². The molecule has 0 spiro atoms. The summed E-state index contributed by atoms with van der Waals surface area (Å²) in [5, 5.41) is 3.18. The summed E-state index contributed by atoms with van der Waals surface area (Å²) >= 11 is 0. The van der Waals surface area contributed by atoms with E-state index in [1.54, 1.807) is 0 Å². The molecule has 2 fully saturated rings. The number of fused-ring (bicyclic) bond motifs is 1.